The summed E-state index contributed by atoms with van der Waals surface area (Å²) in [5.74, 6) is 0. The lowest BCUT2D eigenvalue weighted by molar-refractivity contribution is 0.522. The van der Waals surface area contributed by atoms with Gasteiger partial charge in [-0.05, 0) is 62.4 Å². The first-order valence-electron chi connectivity index (χ1n) is 12.5. The highest BCUT2D eigenvalue weighted by Gasteiger charge is 2.42. The van der Waals surface area contributed by atoms with Gasteiger partial charge in [0.25, 0.3) is 0 Å². The third kappa shape index (κ3) is 3.38. The van der Waals surface area contributed by atoms with Gasteiger partial charge in [0.05, 0.1) is 0 Å². The molecule has 0 aliphatic heterocycles. The maximum absolute atomic E-state index is 3.77. The van der Waals surface area contributed by atoms with Gasteiger partial charge in [-0.1, -0.05) is 119 Å². The molecule has 1 N–H and O–H groups in total. The van der Waals surface area contributed by atoms with Crippen LogP contribution in [0.5, 0.6) is 0 Å². The summed E-state index contributed by atoms with van der Waals surface area (Å²) in [6, 6.07) is 39.6. The predicted molar refractivity (Wildman–Crippen MR) is 150 cm³/mol. The zero-order chi connectivity index (χ0) is 24.2. The largest absolute Gasteiger partial charge is 0.355 e. The lowest BCUT2D eigenvalue weighted by Crippen LogP contribution is -2.37. The summed E-state index contributed by atoms with van der Waals surface area (Å²) in [6.07, 6.45) is 0. The Bertz CT molecular complexity index is 1550. The molecule has 6 rings (SSSR count). The summed E-state index contributed by atoms with van der Waals surface area (Å²) < 4.78 is 0. The third-order valence-electron chi connectivity index (χ3n) is 7.90. The van der Waals surface area contributed by atoms with Crippen molar-refractivity contribution in [3.8, 4) is 11.1 Å². The van der Waals surface area contributed by atoms with Gasteiger partial charge in [-0.2, -0.15) is 0 Å². The van der Waals surface area contributed by atoms with E-state index in [0.29, 0.717) is 0 Å². The summed E-state index contributed by atoms with van der Waals surface area (Å²) in [6.45, 7) is 9.41. The number of benzene rings is 5. The molecule has 0 aromatic heterocycles. The molecule has 1 heteroatoms. The molecule has 35 heavy (non-hydrogen) atoms. The average molecular weight is 454 g/mol. The van der Waals surface area contributed by atoms with Crippen molar-refractivity contribution >= 4 is 22.1 Å². The molecular weight excluding hydrogens is 422 g/mol. The molecule has 0 heterocycles. The van der Waals surface area contributed by atoms with Gasteiger partial charge in [0, 0.05) is 22.2 Å². The molecule has 0 spiro atoms. The van der Waals surface area contributed by atoms with Crippen molar-refractivity contribution in [3.05, 3.63) is 131 Å². The SMILES string of the molecule is CC1(C)c2ccccc2C(C)(C)c2c(Nc3ccc(-c4cccc5ccccc45)cc3)cccc21. The number of hydrogen-bond donors (Lipinski definition) is 1. The van der Waals surface area contributed by atoms with Crippen LogP contribution in [0, 0.1) is 0 Å². The molecule has 0 atom stereocenters. The molecule has 0 bridgehead atoms. The van der Waals surface area contributed by atoms with E-state index in [1.807, 2.05) is 0 Å². The van der Waals surface area contributed by atoms with Gasteiger partial charge in [0.15, 0.2) is 0 Å². The van der Waals surface area contributed by atoms with Crippen molar-refractivity contribution in [2.45, 2.75) is 38.5 Å². The minimum atomic E-state index is -0.0894. The van der Waals surface area contributed by atoms with Crippen LogP contribution in [0.1, 0.15) is 49.9 Å². The standard InChI is InChI=1S/C34H31N/c1-33(2)28-15-7-8-16-29(28)34(3,4)32-30(33)17-10-18-31(32)35-25-21-19-24(20-22-25)27-14-9-12-23-11-5-6-13-26(23)27/h5-22,35H,1-4H3. The molecule has 0 fully saturated rings. The van der Waals surface area contributed by atoms with Crippen LogP contribution in [0.15, 0.2) is 109 Å². The summed E-state index contributed by atoms with van der Waals surface area (Å²) in [7, 11) is 0. The fourth-order valence-corrected chi connectivity index (χ4v) is 6.07. The molecule has 1 nitrogen and oxygen atoms in total. The van der Waals surface area contributed by atoms with Crippen molar-refractivity contribution in [3.63, 3.8) is 0 Å². The van der Waals surface area contributed by atoms with Gasteiger partial charge in [0.2, 0.25) is 0 Å². The Labute approximate surface area is 208 Å². The van der Waals surface area contributed by atoms with Crippen LogP contribution in [-0.2, 0) is 10.8 Å². The van der Waals surface area contributed by atoms with Crippen molar-refractivity contribution < 1.29 is 0 Å². The lowest BCUT2D eigenvalue weighted by Gasteiger charge is -2.44. The van der Waals surface area contributed by atoms with E-state index < -0.39 is 0 Å². The first kappa shape index (κ1) is 21.7. The van der Waals surface area contributed by atoms with E-state index in [0.717, 1.165) is 5.69 Å². The van der Waals surface area contributed by atoms with E-state index in [1.54, 1.807) is 0 Å². The summed E-state index contributed by atoms with van der Waals surface area (Å²) >= 11 is 0. The number of nitrogens with one attached hydrogen (secondary N) is 1. The van der Waals surface area contributed by atoms with Gasteiger partial charge >= 0.3 is 0 Å². The third-order valence-corrected chi connectivity index (χ3v) is 7.90. The summed E-state index contributed by atoms with van der Waals surface area (Å²) in [4.78, 5) is 0. The predicted octanol–water partition coefficient (Wildman–Crippen LogP) is 9.22. The van der Waals surface area contributed by atoms with Gasteiger partial charge in [-0.15, -0.1) is 0 Å². The van der Waals surface area contributed by atoms with E-state index >= 15 is 0 Å². The van der Waals surface area contributed by atoms with Crippen LogP contribution < -0.4 is 5.32 Å². The van der Waals surface area contributed by atoms with Crippen LogP contribution in [0.2, 0.25) is 0 Å². The highest BCUT2D eigenvalue weighted by Crippen LogP contribution is 2.52. The number of fused-ring (bicyclic) bond motifs is 3. The molecule has 0 saturated heterocycles. The quantitative estimate of drug-likeness (QED) is 0.287. The second-order valence-electron chi connectivity index (χ2n) is 10.8. The molecule has 1 aliphatic carbocycles. The van der Waals surface area contributed by atoms with Crippen LogP contribution in [-0.4, -0.2) is 0 Å². The Balaban J connectivity index is 1.40. The maximum Gasteiger partial charge on any atom is 0.0428 e. The molecule has 0 radical (unpaired) electrons. The molecule has 0 saturated carbocycles. The Hall–Kier alpha value is -3.84. The molecule has 1 aliphatic rings. The molecule has 5 aromatic carbocycles. The van der Waals surface area contributed by atoms with E-state index in [9.17, 15) is 0 Å². The van der Waals surface area contributed by atoms with Crippen molar-refractivity contribution in [2.24, 2.45) is 0 Å². The fourth-order valence-electron chi connectivity index (χ4n) is 6.07. The zero-order valence-electron chi connectivity index (χ0n) is 20.9. The number of anilines is 2. The topological polar surface area (TPSA) is 12.0 Å². The highest BCUT2D eigenvalue weighted by molar-refractivity contribution is 5.96. The minimum absolute atomic E-state index is 0.0443. The van der Waals surface area contributed by atoms with E-state index in [-0.39, 0.29) is 10.8 Å². The average Bonchev–Trinajstić information content (AvgIpc) is 2.88. The monoisotopic (exact) mass is 453 g/mol. The lowest BCUT2D eigenvalue weighted by atomic mass is 9.59. The van der Waals surface area contributed by atoms with Crippen molar-refractivity contribution in [1.29, 1.82) is 0 Å². The molecule has 172 valence electrons. The zero-order valence-corrected chi connectivity index (χ0v) is 20.9. The molecule has 0 unspecified atom stereocenters. The molecule has 5 aromatic rings. The van der Waals surface area contributed by atoms with Crippen LogP contribution in [0.4, 0.5) is 11.4 Å². The van der Waals surface area contributed by atoms with Gasteiger partial charge in [-0.25, -0.2) is 0 Å². The van der Waals surface area contributed by atoms with Crippen molar-refractivity contribution in [1.82, 2.24) is 0 Å². The Morgan fingerprint density at radius 2 is 1.11 bits per heavy atom. The van der Waals surface area contributed by atoms with Gasteiger partial charge in [-0.3, -0.25) is 0 Å². The van der Waals surface area contributed by atoms with E-state index in [1.165, 1.54) is 49.8 Å². The number of hydrogen-bond acceptors (Lipinski definition) is 1. The first-order valence-corrected chi connectivity index (χ1v) is 12.5. The Kier molecular flexibility index (Phi) is 4.86. The summed E-state index contributed by atoms with van der Waals surface area (Å²) in [5, 5.41) is 6.33. The second-order valence-corrected chi connectivity index (χ2v) is 10.8. The van der Waals surface area contributed by atoms with E-state index in [4.69, 9.17) is 0 Å². The maximum atomic E-state index is 3.77. The van der Waals surface area contributed by atoms with Crippen molar-refractivity contribution in [2.75, 3.05) is 5.32 Å². The smallest absolute Gasteiger partial charge is 0.0428 e. The molecule has 0 amide bonds. The van der Waals surface area contributed by atoms with Crippen LogP contribution in [0.3, 0.4) is 0 Å². The normalized spacial score (nSPS) is 15.3. The van der Waals surface area contributed by atoms with Crippen LogP contribution in [0.25, 0.3) is 21.9 Å². The second kappa shape index (κ2) is 7.85. The first-order chi connectivity index (χ1) is 16.9. The Morgan fingerprint density at radius 3 is 1.89 bits per heavy atom. The Morgan fingerprint density at radius 1 is 0.514 bits per heavy atom. The van der Waals surface area contributed by atoms with E-state index in [2.05, 4.69) is 142 Å². The van der Waals surface area contributed by atoms with Gasteiger partial charge in [0.1, 0.15) is 0 Å². The minimum Gasteiger partial charge on any atom is -0.355 e. The van der Waals surface area contributed by atoms with Gasteiger partial charge < -0.3 is 5.32 Å². The summed E-state index contributed by atoms with van der Waals surface area (Å²) in [5.41, 5.74) is 10.3. The fraction of sp³-hybridized carbons (Fsp3) is 0.176. The number of rotatable bonds is 3. The molecular formula is C34H31N. The van der Waals surface area contributed by atoms with Crippen LogP contribution >= 0.6 is 0 Å². The highest BCUT2D eigenvalue weighted by atomic mass is 14.9.